The van der Waals surface area contributed by atoms with Crippen LogP contribution in [0.15, 0.2) is 59.8 Å². The molecule has 0 unspecified atom stereocenters. The molecule has 1 N–H and O–H groups in total. The number of aromatic nitrogens is 4. The van der Waals surface area contributed by atoms with Crippen LogP contribution in [0.2, 0.25) is 0 Å². The topological polar surface area (TPSA) is 100 Å². The van der Waals surface area contributed by atoms with Gasteiger partial charge in [-0.15, -0.1) is 0 Å². The minimum absolute atomic E-state index is 0.265. The van der Waals surface area contributed by atoms with Crippen LogP contribution in [0.3, 0.4) is 0 Å². The molecule has 1 aliphatic rings. The van der Waals surface area contributed by atoms with Crippen LogP contribution in [0.25, 0.3) is 0 Å². The number of hydrogen-bond donors (Lipinski definition) is 1. The summed E-state index contributed by atoms with van der Waals surface area (Å²) in [5, 5.41) is 14.9. The minimum atomic E-state index is -0.567. The highest BCUT2D eigenvalue weighted by molar-refractivity contribution is 5.92. The summed E-state index contributed by atoms with van der Waals surface area (Å²) in [5.41, 5.74) is 2.90. The second-order valence-corrected chi connectivity index (χ2v) is 7.15. The number of tetrazole rings is 1. The Labute approximate surface area is 186 Å². The fourth-order valence-electron chi connectivity index (χ4n) is 3.61. The highest BCUT2D eigenvalue weighted by atomic mass is 16.5. The minimum Gasteiger partial charge on any atom is -0.490 e. The van der Waals surface area contributed by atoms with Crippen LogP contribution >= 0.6 is 0 Å². The van der Waals surface area contributed by atoms with E-state index in [-0.39, 0.29) is 6.61 Å². The number of benzene rings is 2. The maximum atomic E-state index is 12.8. The Morgan fingerprint density at radius 3 is 2.62 bits per heavy atom. The van der Waals surface area contributed by atoms with E-state index in [1.807, 2.05) is 55.5 Å². The van der Waals surface area contributed by atoms with Crippen LogP contribution in [0, 0.1) is 0 Å². The number of hydrogen-bond acceptors (Lipinski definition) is 8. The number of carbonyl (C=O) groups is 1. The summed E-state index contributed by atoms with van der Waals surface area (Å²) < 4.78 is 18.8. The van der Waals surface area contributed by atoms with E-state index in [1.165, 1.54) is 0 Å². The molecular weight excluding hydrogens is 410 g/mol. The molecule has 32 heavy (non-hydrogen) atoms. The van der Waals surface area contributed by atoms with Gasteiger partial charge in [-0.25, -0.2) is 4.79 Å². The lowest BCUT2D eigenvalue weighted by atomic mass is 9.95. The third kappa shape index (κ3) is 4.27. The first-order valence-electron chi connectivity index (χ1n) is 10.5. The van der Waals surface area contributed by atoms with Gasteiger partial charge in [0, 0.05) is 5.70 Å². The fraction of sp³-hybridized carbons (Fsp3) is 0.304. The van der Waals surface area contributed by atoms with E-state index in [1.54, 1.807) is 18.5 Å². The van der Waals surface area contributed by atoms with Gasteiger partial charge < -0.3 is 19.5 Å². The number of carbonyl (C=O) groups excluding carboxylic acids is 1. The van der Waals surface area contributed by atoms with Gasteiger partial charge in [-0.1, -0.05) is 41.5 Å². The lowest BCUT2D eigenvalue weighted by Crippen LogP contribution is -2.29. The predicted octanol–water partition coefficient (Wildman–Crippen LogP) is 3.50. The monoisotopic (exact) mass is 435 g/mol. The van der Waals surface area contributed by atoms with Crippen molar-refractivity contribution in [3.05, 3.63) is 70.9 Å². The molecule has 0 radical (unpaired) electrons. The molecule has 1 aromatic heterocycles. The normalized spacial score (nSPS) is 15.0. The van der Waals surface area contributed by atoms with Crippen molar-refractivity contribution in [3.63, 3.8) is 0 Å². The zero-order valence-electron chi connectivity index (χ0n) is 18.2. The van der Waals surface area contributed by atoms with Crippen molar-refractivity contribution in [2.75, 3.05) is 18.5 Å². The van der Waals surface area contributed by atoms with Crippen molar-refractivity contribution in [2.24, 2.45) is 0 Å². The van der Waals surface area contributed by atoms with E-state index in [9.17, 15) is 4.79 Å². The number of ether oxygens (including phenoxy) is 3. The highest BCUT2D eigenvalue weighted by Crippen LogP contribution is 2.39. The van der Waals surface area contributed by atoms with Crippen LogP contribution in [0.4, 0.5) is 5.95 Å². The molecule has 0 amide bonds. The Morgan fingerprint density at radius 1 is 1.06 bits per heavy atom. The number of nitrogens with zero attached hydrogens (tertiary/aromatic N) is 4. The summed E-state index contributed by atoms with van der Waals surface area (Å²) >= 11 is 0. The van der Waals surface area contributed by atoms with Crippen LogP contribution in [-0.4, -0.2) is 39.4 Å². The molecule has 2 aromatic carbocycles. The number of anilines is 1. The van der Waals surface area contributed by atoms with Crippen molar-refractivity contribution in [1.29, 1.82) is 0 Å². The summed E-state index contributed by atoms with van der Waals surface area (Å²) in [7, 11) is 0. The molecule has 2 heterocycles. The quantitative estimate of drug-likeness (QED) is 0.537. The number of rotatable bonds is 8. The standard InChI is InChI=1S/C23H25N5O4/c1-4-30-19-13-17(11-12-18(19)32-14-16-9-7-6-8-10-16)21-20(22(29)31-5-2)15(3)24-23-25-26-27-28(21)23/h6-13,21H,4-5,14H2,1-3H3,(H,24,25,27)/t21-/m0/s1. The number of allylic oxidation sites excluding steroid dienone is 1. The van der Waals surface area contributed by atoms with E-state index in [2.05, 4.69) is 20.8 Å². The van der Waals surface area contributed by atoms with Gasteiger partial charge in [0.1, 0.15) is 12.6 Å². The van der Waals surface area contributed by atoms with E-state index in [0.29, 0.717) is 41.9 Å². The lowest BCUT2D eigenvalue weighted by molar-refractivity contribution is -0.139. The first-order chi connectivity index (χ1) is 15.6. The van der Waals surface area contributed by atoms with E-state index in [0.717, 1.165) is 11.1 Å². The van der Waals surface area contributed by atoms with Crippen LogP contribution in [0.1, 0.15) is 37.9 Å². The molecule has 4 rings (SSSR count). The predicted molar refractivity (Wildman–Crippen MR) is 117 cm³/mol. The van der Waals surface area contributed by atoms with Crippen molar-refractivity contribution in [2.45, 2.75) is 33.4 Å². The molecule has 0 spiro atoms. The summed E-state index contributed by atoms with van der Waals surface area (Å²) in [4.78, 5) is 12.8. The lowest BCUT2D eigenvalue weighted by Gasteiger charge is -2.27. The maximum absolute atomic E-state index is 12.8. The molecule has 0 saturated carbocycles. The zero-order chi connectivity index (χ0) is 22.5. The first kappa shape index (κ1) is 21.4. The molecular formula is C23H25N5O4. The molecule has 0 fully saturated rings. The van der Waals surface area contributed by atoms with Gasteiger partial charge in [0.2, 0.25) is 5.95 Å². The van der Waals surface area contributed by atoms with Gasteiger partial charge in [0.15, 0.2) is 11.5 Å². The Kier molecular flexibility index (Phi) is 6.34. The van der Waals surface area contributed by atoms with Gasteiger partial charge in [0.25, 0.3) is 0 Å². The molecule has 0 aliphatic carbocycles. The van der Waals surface area contributed by atoms with Crippen molar-refractivity contribution < 1.29 is 19.0 Å². The summed E-state index contributed by atoms with van der Waals surface area (Å²) in [5.74, 6) is 1.22. The fourth-order valence-corrected chi connectivity index (χ4v) is 3.61. The molecule has 1 atom stereocenters. The van der Waals surface area contributed by atoms with E-state index in [4.69, 9.17) is 14.2 Å². The highest BCUT2D eigenvalue weighted by Gasteiger charge is 2.35. The Morgan fingerprint density at radius 2 is 1.88 bits per heavy atom. The van der Waals surface area contributed by atoms with Crippen molar-refractivity contribution >= 4 is 11.9 Å². The van der Waals surface area contributed by atoms with Gasteiger partial charge in [-0.3, -0.25) is 0 Å². The van der Waals surface area contributed by atoms with Gasteiger partial charge in [0.05, 0.1) is 18.8 Å². The molecule has 3 aromatic rings. The Hall–Kier alpha value is -3.88. The Balaban J connectivity index is 1.71. The largest absolute Gasteiger partial charge is 0.490 e. The smallest absolute Gasteiger partial charge is 0.338 e. The number of nitrogens with one attached hydrogen (secondary N) is 1. The summed E-state index contributed by atoms with van der Waals surface area (Å²) in [6, 6.07) is 14.9. The average molecular weight is 435 g/mol. The average Bonchev–Trinajstić information content (AvgIpc) is 3.26. The van der Waals surface area contributed by atoms with Gasteiger partial charge >= 0.3 is 5.97 Å². The molecule has 1 aliphatic heterocycles. The molecule has 9 heteroatoms. The SMILES string of the molecule is CCOC(=O)C1=C(C)Nc2nnnn2[C@H]1c1ccc(OCc2ccccc2)c(OCC)c1. The molecule has 0 bridgehead atoms. The second-order valence-electron chi connectivity index (χ2n) is 7.15. The number of fused-ring (bicyclic) bond motifs is 1. The maximum Gasteiger partial charge on any atom is 0.338 e. The Bertz CT molecular complexity index is 1130. The van der Waals surface area contributed by atoms with Crippen LogP contribution in [-0.2, 0) is 16.1 Å². The van der Waals surface area contributed by atoms with Crippen molar-refractivity contribution in [1.82, 2.24) is 20.2 Å². The van der Waals surface area contributed by atoms with Crippen molar-refractivity contribution in [3.8, 4) is 11.5 Å². The van der Waals surface area contributed by atoms with Gasteiger partial charge in [-0.2, -0.15) is 4.68 Å². The molecule has 9 nitrogen and oxygen atoms in total. The third-order valence-electron chi connectivity index (χ3n) is 5.03. The summed E-state index contributed by atoms with van der Waals surface area (Å²) in [6.45, 7) is 6.63. The van der Waals surface area contributed by atoms with Crippen LogP contribution in [0.5, 0.6) is 11.5 Å². The second kappa shape index (κ2) is 9.51. The zero-order valence-corrected chi connectivity index (χ0v) is 18.2. The van der Waals surface area contributed by atoms with Gasteiger partial charge in [-0.05, 0) is 54.5 Å². The third-order valence-corrected chi connectivity index (χ3v) is 5.03. The number of esters is 1. The van der Waals surface area contributed by atoms with Crippen LogP contribution < -0.4 is 14.8 Å². The molecule has 166 valence electrons. The molecule has 0 saturated heterocycles. The van der Waals surface area contributed by atoms with E-state index >= 15 is 0 Å². The first-order valence-corrected chi connectivity index (χ1v) is 10.5. The van der Waals surface area contributed by atoms with E-state index < -0.39 is 12.0 Å². The summed E-state index contributed by atoms with van der Waals surface area (Å²) in [6.07, 6.45) is 0.